The SMILES string of the molecule is COCCCOc1ccc(Br)c(CCOSCCC[Si])c1. The van der Waals surface area contributed by atoms with Crippen LogP contribution in [0.4, 0.5) is 0 Å². The predicted molar refractivity (Wildman–Crippen MR) is 93.4 cm³/mol. The molecule has 0 fully saturated rings. The molecule has 0 saturated heterocycles. The van der Waals surface area contributed by atoms with Crippen LogP contribution in [0.1, 0.15) is 18.4 Å². The first-order valence-corrected chi connectivity index (χ1v) is 9.48. The van der Waals surface area contributed by atoms with Gasteiger partial charge in [-0.25, -0.2) is 0 Å². The molecule has 3 nitrogen and oxygen atoms in total. The van der Waals surface area contributed by atoms with E-state index >= 15 is 0 Å². The maximum Gasteiger partial charge on any atom is 0.119 e. The van der Waals surface area contributed by atoms with E-state index in [1.54, 1.807) is 7.11 Å². The molecule has 0 aliphatic rings. The zero-order valence-electron chi connectivity index (χ0n) is 12.4. The van der Waals surface area contributed by atoms with Crippen LogP contribution in [0, 0.1) is 0 Å². The number of halogens is 1. The van der Waals surface area contributed by atoms with Crippen molar-refractivity contribution in [3.8, 4) is 5.75 Å². The minimum absolute atomic E-state index is 0.674. The number of methoxy groups -OCH3 is 1. The van der Waals surface area contributed by atoms with Gasteiger partial charge in [-0.1, -0.05) is 22.0 Å². The van der Waals surface area contributed by atoms with Gasteiger partial charge in [0.15, 0.2) is 0 Å². The molecular weight excluding hydrogens is 368 g/mol. The predicted octanol–water partition coefficient (Wildman–Crippen LogP) is 4.05. The zero-order valence-corrected chi connectivity index (χ0v) is 15.8. The second-order valence-electron chi connectivity index (χ2n) is 4.45. The Morgan fingerprint density at radius 3 is 2.81 bits per heavy atom. The van der Waals surface area contributed by atoms with E-state index in [0.29, 0.717) is 13.2 Å². The molecule has 0 heterocycles. The fourth-order valence-electron chi connectivity index (χ4n) is 1.63. The van der Waals surface area contributed by atoms with Crippen molar-refractivity contribution in [2.24, 2.45) is 0 Å². The normalized spacial score (nSPS) is 10.8. The molecule has 1 aromatic rings. The fraction of sp³-hybridized carbons (Fsp3) is 0.600. The van der Waals surface area contributed by atoms with Gasteiger partial charge in [-0.15, -0.1) is 0 Å². The van der Waals surface area contributed by atoms with E-state index in [9.17, 15) is 0 Å². The molecule has 0 saturated carbocycles. The summed E-state index contributed by atoms with van der Waals surface area (Å²) in [4.78, 5) is 0. The van der Waals surface area contributed by atoms with Gasteiger partial charge in [0, 0.05) is 40.6 Å². The first kappa shape index (κ1) is 19.0. The molecule has 0 bridgehead atoms. The Morgan fingerprint density at radius 1 is 1.19 bits per heavy atom. The number of hydrogen-bond donors (Lipinski definition) is 0. The molecule has 6 heteroatoms. The third-order valence-corrected chi connectivity index (χ3v) is 4.64. The molecule has 0 amide bonds. The summed E-state index contributed by atoms with van der Waals surface area (Å²) in [6.07, 6.45) is 2.89. The Bertz CT molecular complexity index is 393. The van der Waals surface area contributed by atoms with Gasteiger partial charge >= 0.3 is 0 Å². The van der Waals surface area contributed by atoms with Crippen LogP contribution in [0.2, 0.25) is 6.04 Å². The van der Waals surface area contributed by atoms with Gasteiger partial charge < -0.3 is 13.7 Å². The number of ether oxygens (including phenoxy) is 2. The second-order valence-corrected chi connectivity index (χ2v) is 6.68. The molecule has 0 aliphatic heterocycles. The monoisotopic (exact) mass is 389 g/mol. The van der Waals surface area contributed by atoms with Crippen molar-refractivity contribution in [2.45, 2.75) is 25.3 Å². The third-order valence-electron chi connectivity index (χ3n) is 2.72. The first-order valence-electron chi connectivity index (χ1n) is 7.07. The molecule has 0 spiro atoms. The average molecular weight is 390 g/mol. The lowest BCUT2D eigenvalue weighted by Crippen LogP contribution is -2.02. The number of hydrogen-bond acceptors (Lipinski definition) is 4. The van der Waals surface area contributed by atoms with Crippen LogP contribution < -0.4 is 4.74 Å². The van der Waals surface area contributed by atoms with Crippen LogP contribution >= 0.6 is 28.0 Å². The van der Waals surface area contributed by atoms with Crippen molar-refractivity contribution in [3.05, 3.63) is 28.2 Å². The summed E-state index contributed by atoms with van der Waals surface area (Å²) in [5.41, 5.74) is 1.21. The molecule has 0 unspecified atom stereocenters. The maximum absolute atomic E-state index is 5.71. The van der Waals surface area contributed by atoms with Crippen LogP contribution in [0.5, 0.6) is 5.75 Å². The van der Waals surface area contributed by atoms with E-state index in [-0.39, 0.29) is 0 Å². The zero-order chi connectivity index (χ0) is 15.3. The summed E-state index contributed by atoms with van der Waals surface area (Å²) in [6.45, 7) is 2.11. The van der Waals surface area contributed by atoms with Crippen LogP contribution in [0.3, 0.4) is 0 Å². The van der Waals surface area contributed by atoms with Gasteiger partial charge in [0.1, 0.15) is 5.75 Å². The summed E-state index contributed by atoms with van der Waals surface area (Å²) in [6, 6.07) is 7.10. The molecule has 3 radical (unpaired) electrons. The molecule has 0 aliphatic carbocycles. The molecule has 1 rings (SSSR count). The molecule has 21 heavy (non-hydrogen) atoms. The summed E-state index contributed by atoms with van der Waals surface area (Å²) in [5, 5.41) is 0. The number of rotatable bonds is 12. The minimum atomic E-state index is 0.674. The summed E-state index contributed by atoms with van der Waals surface area (Å²) < 4.78 is 17.4. The Morgan fingerprint density at radius 2 is 2.05 bits per heavy atom. The highest BCUT2D eigenvalue weighted by Crippen LogP contribution is 2.23. The third kappa shape index (κ3) is 8.88. The van der Waals surface area contributed by atoms with Gasteiger partial charge in [-0.3, -0.25) is 0 Å². The van der Waals surface area contributed by atoms with Gasteiger partial charge in [-0.05, 0) is 48.6 Å². The van der Waals surface area contributed by atoms with Crippen LogP contribution in [0.25, 0.3) is 0 Å². The Kier molecular flexibility index (Phi) is 11.4. The van der Waals surface area contributed by atoms with Crippen molar-refractivity contribution in [2.75, 3.05) is 32.7 Å². The van der Waals surface area contributed by atoms with E-state index < -0.39 is 0 Å². The molecular formula is C15H22BrO3SSi. The minimum Gasteiger partial charge on any atom is -0.493 e. The van der Waals surface area contributed by atoms with E-state index in [4.69, 9.17) is 13.7 Å². The molecule has 1 aromatic carbocycles. The molecule has 0 N–H and O–H groups in total. The average Bonchev–Trinajstić information content (AvgIpc) is 2.50. The second kappa shape index (κ2) is 12.5. The first-order chi connectivity index (χ1) is 10.3. The smallest absolute Gasteiger partial charge is 0.119 e. The summed E-state index contributed by atoms with van der Waals surface area (Å²) in [5.74, 6) is 1.92. The lowest BCUT2D eigenvalue weighted by atomic mass is 10.1. The van der Waals surface area contributed by atoms with E-state index in [1.165, 1.54) is 17.6 Å². The highest BCUT2D eigenvalue weighted by molar-refractivity contribution is 9.10. The van der Waals surface area contributed by atoms with Gasteiger partial charge in [0.2, 0.25) is 0 Å². The van der Waals surface area contributed by atoms with Crippen molar-refractivity contribution in [1.82, 2.24) is 0 Å². The van der Waals surface area contributed by atoms with E-state index in [1.807, 2.05) is 12.1 Å². The quantitative estimate of drug-likeness (QED) is 0.306. The topological polar surface area (TPSA) is 27.7 Å². The van der Waals surface area contributed by atoms with Crippen LogP contribution in [-0.2, 0) is 15.3 Å². The molecule has 0 aromatic heterocycles. The van der Waals surface area contributed by atoms with E-state index in [2.05, 4.69) is 32.2 Å². The maximum atomic E-state index is 5.71. The van der Waals surface area contributed by atoms with Gasteiger partial charge in [0.25, 0.3) is 0 Å². The van der Waals surface area contributed by atoms with Crippen LogP contribution in [-0.4, -0.2) is 42.9 Å². The van der Waals surface area contributed by atoms with Crippen LogP contribution in [0.15, 0.2) is 22.7 Å². The fourth-order valence-corrected chi connectivity index (χ4v) is 3.09. The van der Waals surface area contributed by atoms with Crippen molar-refractivity contribution in [3.63, 3.8) is 0 Å². The Labute approximate surface area is 143 Å². The lowest BCUT2D eigenvalue weighted by Gasteiger charge is -2.10. The van der Waals surface area contributed by atoms with E-state index in [0.717, 1.165) is 47.9 Å². The number of benzene rings is 1. The van der Waals surface area contributed by atoms with Crippen molar-refractivity contribution >= 4 is 38.2 Å². The molecule has 0 atom stereocenters. The Hall–Kier alpha value is -0.0131. The van der Waals surface area contributed by atoms with Gasteiger partial charge in [0.05, 0.1) is 13.2 Å². The van der Waals surface area contributed by atoms with Gasteiger partial charge in [-0.2, -0.15) is 0 Å². The Balaban J connectivity index is 2.31. The standard InChI is InChI=1S/C15H22BrO3SSi/c1-17-7-2-8-18-14-4-5-15(16)13(12-14)6-9-19-20-10-3-11-21/h4-5,12H,2-3,6-11H2,1H3. The highest BCUT2D eigenvalue weighted by Gasteiger charge is 2.03. The highest BCUT2D eigenvalue weighted by atomic mass is 79.9. The summed E-state index contributed by atoms with van der Waals surface area (Å²) in [7, 11) is 5.15. The lowest BCUT2D eigenvalue weighted by molar-refractivity contribution is 0.172. The van der Waals surface area contributed by atoms with Crippen molar-refractivity contribution in [1.29, 1.82) is 0 Å². The summed E-state index contributed by atoms with van der Waals surface area (Å²) >= 11 is 5.11. The largest absolute Gasteiger partial charge is 0.493 e. The van der Waals surface area contributed by atoms with Crippen molar-refractivity contribution < 1.29 is 13.7 Å². The molecule has 117 valence electrons.